The van der Waals surface area contributed by atoms with Crippen molar-refractivity contribution < 1.29 is 12.8 Å². The topological polar surface area (TPSA) is 73.8 Å². The van der Waals surface area contributed by atoms with Gasteiger partial charge in [-0.2, -0.15) is 0 Å². The van der Waals surface area contributed by atoms with Gasteiger partial charge in [0.2, 0.25) is 10.0 Å². The number of halogens is 1. The number of aliphatic imine (C=N–C) groups is 1. The maximum Gasteiger partial charge on any atom is 0.211 e. The van der Waals surface area contributed by atoms with E-state index in [9.17, 15) is 12.8 Å². The highest BCUT2D eigenvalue weighted by Gasteiger charge is 2.45. The van der Waals surface area contributed by atoms with Gasteiger partial charge in [-0.1, -0.05) is 25.1 Å². The molecule has 26 heavy (non-hydrogen) atoms. The number of hydrogen-bond acceptors (Lipinski definition) is 3. The second-order valence-corrected chi connectivity index (χ2v) is 8.70. The smallest absolute Gasteiger partial charge is 0.211 e. The van der Waals surface area contributed by atoms with E-state index in [1.165, 1.54) is 16.6 Å². The molecule has 0 radical (unpaired) electrons. The van der Waals surface area contributed by atoms with E-state index >= 15 is 0 Å². The van der Waals surface area contributed by atoms with Gasteiger partial charge in [-0.05, 0) is 30.9 Å². The van der Waals surface area contributed by atoms with E-state index in [1.807, 2.05) is 19.1 Å². The van der Waals surface area contributed by atoms with Gasteiger partial charge < -0.3 is 10.6 Å². The third kappa shape index (κ3) is 5.41. The molecule has 0 aromatic heterocycles. The van der Waals surface area contributed by atoms with Gasteiger partial charge in [0.15, 0.2) is 5.96 Å². The summed E-state index contributed by atoms with van der Waals surface area (Å²) in [7, 11) is -1.47. The van der Waals surface area contributed by atoms with Gasteiger partial charge >= 0.3 is 0 Å². The second-order valence-electron chi connectivity index (χ2n) is 6.72. The summed E-state index contributed by atoms with van der Waals surface area (Å²) in [5, 5.41) is 6.46. The number of sulfonamides is 1. The van der Waals surface area contributed by atoms with Crippen LogP contribution >= 0.6 is 0 Å². The number of nitrogens with zero attached hydrogens (tertiary/aromatic N) is 2. The summed E-state index contributed by atoms with van der Waals surface area (Å²) in [6.45, 7) is 4.00. The molecular weight excluding hydrogens is 355 g/mol. The first-order valence-corrected chi connectivity index (χ1v) is 10.8. The van der Waals surface area contributed by atoms with Gasteiger partial charge in [0.05, 0.1) is 6.26 Å². The number of guanidine groups is 1. The van der Waals surface area contributed by atoms with Crippen LogP contribution in [0.3, 0.4) is 0 Å². The van der Waals surface area contributed by atoms with Gasteiger partial charge in [-0.3, -0.25) is 4.99 Å². The Kier molecular flexibility index (Phi) is 7.00. The summed E-state index contributed by atoms with van der Waals surface area (Å²) >= 11 is 0. The third-order valence-corrected chi connectivity index (χ3v) is 6.19. The Morgan fingerprint density at radius 1 is 1.31 bits per heavy atom. The molecule has 0 heterocycles. The standard InChI is InChI=1S/C18H29FN4O2S/c1-4-23(26(3,24)25)13-7-12-21-17(20-2)22-14-18(10-11-18)15-8-5-6-9-16(15)19/h5-6,8-9H,4,7,10-14H2,1-3H3,(H2,20,21,22). The minimum atomic E-state index is -3.15. The Balaban J connectivity index is 1.79. The van der Waals surface area contributed by atoms with Crippen LogP contribution in [0.4, 0.5) is 4.39 Å². The zero-order chi connectivity index (χ0) is 19.2. The van der Waals surface area contributed by atoms with Crippen molar-refractivity contribution in [2.24, 2.45) is 4.99 Å². The minimum Gasteiger partial charge on any atom is -0.356 e. The lowest BCUT2D eigenvalue weighted by atomic mass is 9.95. The maximum atomic E-state index is 14.1. The molecule has 1 aromatic carbocycles. The fraction of sp³-hybridized carbons (Fsp3) is 0.611. The first kappa shape index (κ1) is 20.6. The molecule has 0 aliphatic heterocycles. The molecular formula is C18H29FN4O2S. The van der Waals surface area contributed by atoms with E-state index in [0.29, 0.717) is 38.6 Å². The zero-order valence-electron chi connectivity index (χ0n) is 15.8. The highest BCUT2D eigenvalue weighted by atomic mass is 32.2. The predicted octanol–water partition coefficient (Wildman–Crippen LogP) is 1.69. The Labute approximate surface area is 155 Å². The number of rotatable bonds is 9. The molecule has 1 fully saturated rings. The van der Waals surface area contributed by atoms with Crippen LogP contribution in [0, 0.1) is 5.82 Å². The van der Waals surface area contributed by atoms with E-state index in [4.69, 9.17) is 0 Å². The average Bonchev–Trinajstić information content (AvgIpc) is 3.37. The van der Waals surface area contributed by atoms with E-state index in [2.05, 4.69) is 15.6 Å². The SMILES string of the molecule is CCN(CCCNC(=NC)NCC1(c2ccccc2F)CC1)S(C)(=O)=O. The first-order valence-electron chi connectivity index (χ1n) is 8.97. The van der Waals surface area contributed by atoms with Gasteiger partial charge in [0.25, 0.3) is 0 Å². The lowest BCUT2D eigenvalue weighted by Gasteiger charge is -2.20. The van der Waals surface area contributed by atoms with Crippen LogP contribution in [0.25, 0.3) is 0 Å². The summed E-state index contributed by atoms with van der Waals surface area (Å²) in [6, 6.07) is 6.93. The van der Waals surface area contributed by atoms with Crippen molar-refractivity contribution in [1.29, 1.82) is 0 Å². The molecule has 0 spiro atoms. The van der Waals surface area contributed by atoms with Crippen molar-refractivity contribution >= 4 is 16.0 Å². The quantitative estimate of drug-likeness (QED) is 0.386. The molecule has 0 atom stereocenters. The number of hydrogen-bond donors (Lipinski definition) is 2. The van der Waals surface area contributed by atoms with Crippen LogP contribution < -0.4 is 10.6 Å². The summed E-state index contributed by atoms with van der Waals surface area (Å²) in [5.41, 5.74) is 0.604. The molecule has 2 rings (SSSR count). The van der Waals surface area contributed by atoms with Crippen molar-refractivity contribution in [3.05, 3.63) is 35.6 Å². The second kappa shape index (κ2) is 8.81. The molecule has 0 unspecified atom stereocenters. The van der Waals surface area contributed by atoms with Crippen LogP contribution in [0.1, 0.15) is 31.7 Å². The molecule has 1 aliphatic carbocycles. The van der Waals surface area contributed by atoms with Crippen LogP contribution in [-0.4, -0.2) is 58.2 Å². The predicted molar refractivity (Wildman–Crippen MR) is 103 cm³/mol. The molecule has 6 nitrogen and oxygen atoms in total. The fourth-order valence-corrected chi connectivity index (χ4v) is 4.01. The zero-order valence-corrected chi connectivity index (χ0v) is 16.6. The van der Waals surface area contributed by atoms with E-state index in [1.54, 1.807) is 13.1 Å². The van der Waals surface area contributed by atoms with Crippen molar-refractivity contribution in [3.8, 4) is 0 Å². The van der Waals surface area contributed by atoms with Crippen LogP contribution in [-0.2, 0) is 15.4 Å². The highest BCUT2D eigenvalue weighted by Crippen LogP contribution is 2.48. The van der Waals surface area contributed by atoms with Gasteiger partial charge in [0, 0.05) is 38.6 Å². The molecule has 146 valence electrons. The Morgan fingerprint density at radius 3 is 2.54 bits per heavy atom. The van der Waals surface area contributed by atoms with E-state index in [0.717, 1.165) is 18.4 Å². The van der Waals surface area contributed by atoms with E-state index in [-0.39, 0.29) is 11.2 Å². The molecule has 1 aromatic rings. The van der Waals surface area contributed by atoms with E-state index < -0.39 is 10.0 Å². The summed E-state index contributed by atoms with van der Waals surface area (Å²) in [6.07, 6.45) is 3.82. The van der Waals surface area contributed by atoms with Crippen LogP contribution in [0.5, 0.6) is 0 Å². The van der Waals surface area contributed by atoms with Crippen molar-refractivity contribution in [2.45, 2.75) is 31.6 Å². The molecule has 0 amide bonds. The normalized spacial score (nSPS) is 16.6. The molecule has 0 bridgehead atoms. The Bertz CT molecular complexity index is 732. The average molecular weight is 385 g/mol. The number of benzene rings is 1. The molecule has 8 heteroatoms. The lowest BCUT2D eigenvalue weighted by molar-refractivity contribution is 0.424. The van der Waals surface area contributed by atoms with Crippen molar-refractivity contribution in [1.82, 2.24) is 14.9 Å². The summed E-state index contributed by atoms with van der Waals surface area (Å²) in [4.78, 5) is 4.19. The first-order chi connectivity index (χ1) is 12.3. The third-order valence-electron chi connectivity index (χ3n) is 4.82. The van der Waals surface area contributed by atoms with Gasteiger partial charge in [-0.15, -0.1) is 0 Å². The van der Waals surface area contributed by atoms with Crippen molar-refractivity contribution in [2.75, 3.05) is 39.5 Å². The Hall–Kier alpha value is -1.67. The van der Waals surface area contributed by atoms with Gasteiger partial charge in [-0.25, -0.2) is 17.1 Å². The largest absolute Gasteiger partial charge is 0.356 e. The maximum absolute atomic E-state index is 14.1. The molecule has 2 N–H and O–H groups in total. The molecule has 1 saturated carbocycles. The molecule has 1 aliphatic rings. The van der Waals surface area contributed by atoms with Crippen LogP contribution in [0.15, 0.2) is 29.3 Å². The van der Waals surface area contributed by atoms with Crippen molar-refractivity contribution in [3.63, 3.8) is 0 Å². The number of nitrogens with one attached hydrogen (secondary N) is 2. The lowest BCUT2D eigenvalue weighted by Crippen LogP contribution is -2.42. The molecule has 0 saturated heterocycles. The van der Waals surface area contributed by atoms with Crippen LogP contribution in [0.2, 0.25) is 0 Å². The highest BCUT2D eigenvalue weighted by molar-refractivity contribution is 7.88. The fourth-order valence-electron chi connectivity index (χ4n) is 3.08. The summed E-state index contributed by atoms with van der Waals surface area (Å²) in [5.74, 6) is 0.491. The summed E-state index contributed by atoms with van der Waals surface area (Å²) < 4.78 is 38.6. The van der Waals surface area contributed by atoms with Gasteiger partial charge in [0.1, 0.15) is 5.82 Å². The Morgan fingerprint density at radius 2 is 2.00 bits per heavy atom. The minimum absolute atomic E-state index is 0.155. The monoisotopic (exact) mass is 384 g/mol.